The van der Waals surface area contributed by atoms with Gasteiger partial charge in [0.05, 0.1) is 0 Å². The van der Waals surface area contributed by atoms with Crippen LogP contribution in [0.15, 0.2) is 42.5 Å². The predicted molar refractivity (Wildman–Crippen MR) is 105 cm³/mol. The maximum atomic E-state index is 12.9. The molecule has 1 amide bonds. The summed E-state index contributed by atoms with van der Waals surface area (Å²) in [6.07, 6.45) is 3.23. The molecule has 2 aromatic rings. The molecule has 2 fully saturated rings. The van der Waals surface area contributed by atoms with Gasteiger partial charge < -0.3 is 10.6 Å². The fraction of sp³-hybridized carbons (Fsp3) is 0.476. The van der Waals surface area contributed by atoms with Gasteiger partial charge in [-0.25, -0.2) is 0 Å². The number of halogens is 1. The molecule has 1 heterocycles. The summed E-state index contributed by atoms with van der Waals surface area (Å²) >= 11 is 0. The summed E-state index contributed by atoms with van der Waals surface area (Å²) in [6.45, 7) is 3.81. The summed E-state index contributed by atoms with van der Waals surface area (Å²) in [5.74, 6) is 1.36. The Labute approximate surface area is 156 Å². The molecule has 0 aromatic heterocycles. The molecule has 4 rings (SSSR count). The van der Waals surface area contributed by atoms with Crippen LogP contribution in [-0.4, -0.2) is 29.9 Å². The van der Waals surface area contributed by atoms with Gasteiger partial charge in [0.15, 0.2) is 0 Å². The zero-order valence-corrected chi connectivity index (χ0v) is 15.5. The molecule has 0 bridgehead atoms. The minimum atomic E-state index is 0. The van der Waals surface area contributed by atoms with Gasteiger partial charge in [-0.1, -0.05) is 42.5 Å². The van der Waals surface area contributed by atoms with E-state index in [0.717, 1.165) is 32.4 Å². The van der Waals surface area contributed by atoms with E-state index in [1.165, 1.54) is 16.3 Å². The lowest BCUT2D eigenvalue weighted by Crippen LogP contribution is -2.45. The van der Waals surface area contributed by atoms with Gasteiger partial charge in [0.2, 0.25) is 5.91 Å². The van der Waals surface area contributed by atoms with Gasteiger partial charge in [-0.05, 0) is 54.4 Å². The van der Waals surface area contributed by atoms with Crippen molar-refractivity contribution in [2.45, 2.75) is 38.1 Å². The molecule has 1 aliphatic carbocycles. The molecule has 0 spiro atoms. The number of hydrogen-bond donors (Lipinski definition) is 1. The third-order valence-corrected chi connectivity index (χ3v) is 5.84. The first-order valence-corrected chi connectivity index (χ1v) is 9.17. The van der Waals surface area contributed by atoms with Crippen molar-refractivity contribution < 1.29 is 4.79 Å². The van der Waals surface area contributed by atoms with Gasteiger partial charge in [-0.2, -0.15) is 0 Å². The van der Waals surface area contributed by atoms with Crippen molar-refractivity contribution in [1.29, 1.82) is 0 Å². The molecule has 134 valence electrons. The van der Waals surface area contributed by atoms with Crippen molar-refractivity contribution in [2.24, 2.45) is 17.6 Å². The van der Waals surface area contributed by atoms with Crippen molar-refractivity contribution in [2.75, 3.05) is 13.1 Å². The van der Waals surface area contributed by atoms with Crippen LogP contribution in [0.3, 0.4) is 0 Å². The third kappa shape index (κ3) is 3.54. The largest absolute Gasteiger partial charge is 0.342 e. The van der Waals surface area contributed by atoms with Gasteiger partial charge in [-0.3, -0.25) is 4.79 Å². The molecule has 0 radical (unpaired) electrons. The van der Waals surface area contributed by atoms with Crippen LogP contribution >= 0.6 is 12.4 Å². The predicted octanol–water partition coefficient (Wildman–Crippen LogP) is 3.95. The topological polar surface area (TPSA) is 46.3 Å². The van der Waals surface area contributed by atoms with E-state index >= 15 is 0 Å². The van der Waals surface area contributed by atoms with Crippen molar-refractivity contribution in [3.05, 3.63) is 48.0 Å². The molecule has 1 saturated carbocycles. The lowest BCUT2D eigenvalue weighted by molar-refractivity contribution is -0.134. The van der Waals surface area contributed by atoms with E-state index in [0.29, 0.717) is 17.7 Å². The zero-order valence-electron chi connectivity index (χ0n) is 14.7. The van der Waals surface area contributed by atoms with Crippen LogP contribution in [-0.2, 0) is 4.79 Å². The van der Waals surface area contributed by atoms with E-state index in [1.54, 1.807) is 0 Å². The van der Waals surface area contributed by atoms with E-state index in [4.69, 9.17) is 5.73 Å². The van der Waals surface area contributed by atoms with Crippen LogP contribution < -0.4 is 5.73 Å². The molecule has 2 aromatic carbocycles. The number of carbonyl (C=O) groups is 1. The third-order valence-electron chi connectivity index (χ3n) is 5.84. The Bertz CT molecular complexity index is 755. The Balaban J connectivity index is 0.00000182. The second kappa shape index (κ2) is 7.35. The van der Waals surface area contributed by atoms with Crippen molar-refractivity contribution in [1.82, 2.24) is 4.90 Å². The molecule has 2 aliphatic rings. The van der Waals surface area contributed by atoms with Crippen LogP contribution in [0.25, 0.3) is 10.8 Å². The molecule has 2 N–H and O–H groups in total. The maximum absolute atomic E-state index is 12.9. The second-order valence-corrected chi connectivity index (χ2v) is 7.56. The quantitative estimate of drug-likeness (QED) is 0.902. The molecule has 4 atom stereocenters. The van der Waals surface area contributed by atoms with Crippen molar-refractivity contribution in [3.8, 4) is 0 Å². The molecule has 25 heavy (non-hydrogen) atoms. The Morgan fingerprint density at radius 3 is 2.76 bits per heavy atom. The fourth-order valence-corrected chi connectivity index (χ4v) is 4.26. The second-order valence-electron chi connectivity index (χ2n) is 7.56. The van der Waals surface area contributed by atoms with E-state index in [1.807, 2.05) is 0 Å². The highest BCUT2D eigenvalue weighted by atomic mass is 35.5. The molecular formula is C21H27ClN2O. The van der Waals surface area contributed by atoms with E-state index in [2.05, 4.69) is 54.3 Å². The summed E-state index contributed by atoms with van der Waals surface area (Å²) in [7, 11) is 0. The number of nitrogens with two attached hydrogens (primary N) is 1. The standard InChI is InChI=1S/C21H26N2O.ClH/c1-14(22)16-8-5-11-23(13-16)21(24)20-12-19(20)18-10-4-7-15-6-2-3-9-17(15)18;/h2-4,6-7,9-10,14,16,19-20H,5,8,11-13,22H2,1H3;1H. The molecule has 1 aliphatic heterocycles. The highest BCUT2D eigenvalue weighted by Gasteiger charge is 2.46. The molecule has 4 unspecified atom stereocenters. The number of carbonyl (C=O) groups excluding carboxylic acids is 1. The first-order valence-electron chi connectivity index (χ1n) is 9.17. The number of rotatable bonds is 3. The molecular weight excluding hydrogens is 332 g/mol. The Morgan fingerprint density at radius 2 is 1.96 bits per heavy atom. The Morgan fingerprint density at radius 1 is 1.20 bits per heavy atom. The highest BCUT2D eigenvalue weighted by molar-refractivity contribution is 5.89. The monoisotopic (exact) mass is 358 g/mol. The highest BCUT2D eigenvalue weighted by Crippen LogP contribution is 2.50. The van der Waals surface area contributed by atoms with E-state index in [-0.39, 0.29) is 24.4 Å². The molecule has 4 heteroatoms. The van der Waals surface area contributed by atoms with Crippen LogP contribution in [0.4, 0.5) is 0 Å². The van der Waals surface area contributed by atoms with Gasteiger partial charge in [0, 0.05) is 25.0 Å². The number of hydrogen-bond acceptors (Lipinski definition) is 2. The number of likely N-dealkylation sites (tertiary alicyclic amines) is 1. The molecule has 3 nitrogen and oxygen atoms in total. The lowest BCUT2D eigenvalue weighted by Gasteiger charge is -2.35. The van der Waals surface area contributed by atoms with Crippen molar-refractivity contribution >= 4 is 29.1 Å². The number of fused-ring (bicyclic) bond motifs is 1. The Hall–Kier alpha value is -1.58. The number of amides is 1. The summed E-state index contributed by atoms with van der Waals surface area (Å²) in [6, 6.07) is 15.1. The van der Waals surface area contributed by atoms with Crippen LogP contribution in [0, 0.1) is 11.8 Å². The Kier molecular flexibility index (Phi) is 5.35. The lowest BCUT2D eigenvalue weighted by atomic mass is 9.92. The summed E-state index contributed by atoms with van der Waals surface area (Å²) < 4.78 is 0. The van der Waals surface area contributed by atoms with Crippen LogP contribution in [0.5, 0.6) is 0 Å². The average molecular weight is 359 g/mol. The van der Waals surface area contributed by atoms with E-state index in [9.17, 15) is 4.79 Å². The smallest absolute Gasteiger partial charge is 0.226 e. The van der Waals surface area contributed by atoms with Gasteiger partial charge >= 0.3 is 0 Å². The summed E-state index contributed by atoms with van der Waals surface area (Å²) in [5, 5.41) is 2.57. The maximum Gasteiger partial charge on any atom is 0.226 e. The minimum Gasteiger partial charge on any atom is -0.342 e. The van der Waals surface area contributed by atoms with Crippen LogP contribution in [0.1, 0.15) is 37.7 Å². The molecule has 1 saturated heterocycles. The number of nitrogens with zero attached hydrogens (tertiary/aromatic N) is 1. The number of benzene rings is 2. The van der Waals surface area contributed by atoms with Crippen molar-refractivity contribution in [3.63, 3.8) is 0 Å². The fourth-order valence-electron chi connectivity index (χ4n) is 4.26. The average Bonchev–Trinajstić information content (AvgIpc) is 3.41. The van der Waals surface area contributed by atoms with Gasteiger partial charge in [0.25, 0.3) is 0 Å². The minimum absolute atomic E-state index is 0. The van der Waals surface area contributed by atoms with Crippen LogP contribution in [0.2, 0.25) is 0 Å². The first-order chi connectivity index (χ1) is 11.6. The summed E-state index contributed by atoms with van der Waals surface area (Å²) in [5.41, 5.74) is 7.40. The number of piperidine rings is 1. The van der Waals surface area contributed by atoms with Gasteiger partial charge in [0.1, 0.15) is 0 Å². The zero-order chi connectivity index (χ0) is 16.7. The normalized spacial score (nSPS) is 26.8. The van der Waals surface area contributed by atoms with Gasteiger partial charge in [-0.15, -0.1) is 12.4 Å². The van der Waals surface area contributed by atoms with E-state index < -0.39 is 0 Å². The first kappa shape index (κ1) is 18.2. The SMILES string of the molecule is CC(N)C1CCCN(C(=O)C2CC2c2cccc3ccccc23)C1.Cl. The summed E-state index contributed by atoms with van der Waals surface area (Å²) in [4.78, 5) is 15.0.